The Morgan fingerprint density at radius 3 is 2.86 bits per heavy atom. The lowest BCUT2D eigenvalue weighted by Crippen LogP contribution is -2.26. The van der Waals surface area contributed by atoms with Gasteiger partial charge in [-0.3, -0.25) is 0 Å². The summed E-state index contributed by atoms with van der Waals surface area (Å²) in [7, 11) is 0. The van der Waals surface area contributed by atoms with E-state index < -0.39 is 12.5 Å². The number of halogens is 3. The normalized spacial score (nSPS) is 11.4. The summed E-state index contributed by atoms with van der Waals surface area (Å²) >= 11 is 1.99. The largest absolute Gasteiger partial charge is 0.363 e. The average Bonchev–Trinajstić information content (AvgIpc) is 2.17. The lowest BCUT2D eigenvalue weighted by atomic mass is 10.2. The van der Waals surface area contributed by atoms with Crippen molar-refractivity contribution in [3.63, 3.8) is 0 Å². The minimum Gasteiger partial charge on any atom is -0.363 e. The van der Waals surface area contributed by atoms with Gasteiger partial charge in [0.15, 0.2) is 0 Å². The molecule has 6 heteroatoms. The van der Waals surface area contributed by atoms with Gasteiger partial charge in [-0.15, -0.1) is 0 Å². The smallest absolute Gasteiger partial charge is 0.264 e. The van der Waals surface area contributed by atoms with Gasteiger partial charge in [0.1, 0.15) is 12.1 Å². The number of anilines is 1. The molecule has 78 valence electrons. The summed E-state index contributed by atoms with van der Waals surface area (Å²) < 4.78 is 26.5. The molecular formula is C8H10F2IN3. The van der Waals surface area contributed by atoms with Crippen molar-refractivity contribution in [2.75, 3.05) is 11.9 Å². The average molecular weight is 313 g/mol. The minimum absolute atomic E-state index is 0.179. The van der Waals surface area contributed by atoms with Crippen molar-refractivity contribution in [2.45, 2.75) is 19.3 Å². The van der Waals surface area contributed by atoms with Gasteiger partial charge in [0, 0.05) is 12.6 Å². The van der Waals surface area contributed by atoms with Crippen LogP contribution in [0.2, 0.25) is 0 Å². The zero-order valence-corrected chi connectivity index (χ0v) is 9.75. The summed E-state index contributed by atoms with van der Waals surface area (Å²) in [5.74, 6) is -2.23. The van der Waals surface area contributed by atoms with Gasteiger partial charge in [-0.1, -0.05) is 6.92 Å². The monoisotopic (exact) mass is 313 g/mol. The van der Waals surface area contributed by atoms with E-state index in [4.69, 9.17) is 0 Å². The van der Waals surface area contributed by atoms with Gasteiger partial charge in [-0.05, 0) is 22.6 Å². The minimum atomic E-state index is -2.69. The van der Waals surface area contributed by atoms with Crippen LogP contribution < -0.4 is 5.32 Å². The second-order valence-corrected chi connectivity index (χ2v) is 3.94. The molecule has 1 N–H and O–H groups in total. The predicted molar refractivity (Wildman–Crippen MR) is 58.5 cm³/mol. The molecule has 0 aliphatic rings. The Bertz CT molecular complexity index is 306. The van der Waals surface area contributed by atoms with Gasteiger partial charge in [-0.2, -0.15) is 0 Å². The fourth-order valence-corrected chi connectivity index (χ4v) is 1.27. The first kappa shape index (κ1) is 11.5. The fraction of sp³-hybridized carbons (Fsp3) is 0.500. The lowest BCUT2D eigenvalue weighted by Gasteiger charge is -2.15. The molecule has 0 amide bonds. The van der Waals surface area contributed by atoms with Crippen LogP contribution in [0, 0.1) is 3.57 Å². The van der Waals surface area contributed by atoms with Gasteiger partial charge in [0.25, 0.3) is 5.92 Å². The number of rotatable bonds is 4. The molecule has 0 bridgehead atoms. The van der Waals surface area contributed by atoms with Gasteiger partial charge in [0.05, 0.1) is 10.1 Å². The Kier molecular flexibility index (Phi) is 3.97. The Labute approximate surface area is 94.5 Å². The molecule has 0 saturated carbocycles. The first-order chi connectivity index (χ1) is 6.55. The zero-order valence-electron chi connectivity index (χ0n) is 7.60. The highest BCUT2D eigenvalue weighted by Crippen LogP contribution is 2.19. The second kappa shape index (κ2) is 4.81. The van der Waals surface area contributed by atoms with Gasteiger partial charge < -0.3 is 5.32 Å². The van der Waals surface area contributed by atoms with Crippen LogP contribution in [0.4, 0.5) is 14.6 Å². The van der Waals surface area contributed by atoms with Crippen LogP contribution in [-0.2, 0) is 0 Å². The molecule has 0 spiro atoms. The van der Waals surface area contributed by atoms with Crippen molar-refractivity contribution in [1.82, 2.24) is 9.97 Å². The van der Waals surface area contributed by atoms with Crippen molar-refractivity contribution in [3.05, 3.63) is 16.1 Å². The molecule has 0 saturated heterocycles. The molecule has 0 aliphatic heterocycles. The summed E-state index contributed by atoms with van der Waals surface area (Å²) in [5.41, 5.74) is 0. The summed E-state index contributed by atoms with van der Waals surface area (Å²) in [6.07, 6.45) is 2.72. The van der Waals surface area contributed by atoms with E-state index in [0.717, 1.165) is 3.57 Å². The summed E-state index contributed by atoms with van der Waals surface area (Å²) in [5, 5.41) is 2.60. The predicted octanol–water partition coefficient (Wildman–Crippen LogP) is 2.54. The van der Waals surface area contributed by atoms with Crippen LogP contribution in [0.5, 0.6) is 0 Å². The van der Waals surface area contributed by atoms with E-state index in [1.54, 1.807) is 6.20 Å². The number of aromatic nitrogens is 2. The lowest BCUT2D eigenvalue weighted by molar-refractivity contribution is 0.0115. The molecule has 3 nitrogen and oxygen atoms in total. The zero-order chi connectivity index (χ0) is 10.6. The third-order valence-electron chi connectivity index (χ3n) is 1.70. The number of nitrogens with zero attached hydrogens (tertiary/aromatic N) is 2. The molecule has 0 aromatic carbocycles. The number of nitrogens with one attached hydrogen (secondary N) is 1. The van der Waals surface area contributed by atoms with Gasteiger partial charge >= 0.3 is 0 Å². The highest BCUT2D eigenvalue weighted by Gasteiger charge is 2.25. The summed E-state index contributed by atoms with van der Waals surface area (Å²) in [6.45, 7) is 1.06. The van der Waals surface area contributed by atoms with E-state index >= 15 is 0 Å². The maximum Gasteiger partial charge on any atom is 0.264 e. The Morgan fingerprint density at radius 2 is 2.29 bits per heavy atom. The molecule has 0 radical (unpaired) electrons. The molecule has 0 unspecified atom stereocenters. The molecule has 1 heterocycles. The van der Waals surface area contributed by atoms with Crippen molar-refractivity contribution >= 4 is 28.4 Å². The van der Waals surface area contributed by atoms with Crippen LogP contribution in [0.25, 0.3) is 0 Å². The maximum atomic E-state index is 12.9. The van der Waals surface area contributed by atoms with Crippen LogP contribution >= 0.6 is 22.6 Å². The van der Waals surface area contributed by atoms with E-state index in [2.05, 4.69) is 15.3 Å². The molecule has 0 atom stereocenters. The van der Waals surface area contributed by atoms with E-state index in [1.165, 1.54) is 13.3 Å². The van der Waals surface area contributed by atoms with Crippen LogP contribution in [0.15, 0.2) is 12.5 Å². The summed E-state index contributed by atoms with van der Waals surface area (Å²) in [6, 6.07) is 0. The highest BCUT2D eigenvalue weighted by atomic mass is 127. The number of hydrogen-bond donors (Lipinski definition) is 1. The standard InChI is InChI=1S/C8H10F2IN3/c1-2-8(9,10)4-13-7-6(11)3-12-5-14-7/h3,5H,2,4H2,1H3,(H,12,13,14). The molecule has 0 aliphatic carbocycles. The van der Waals surface area contributed by atoms with E-state index in [-0.39, 0.29) is 6.42 Å². The quantitative estimate of drug-likeness (QED) is 0.868. The summed E-state index contributed by atoms with van der Waals surface area (Å²) in [4.78, 5) is 7.62. The van der Waals surface area contributed by atoms with E-state index in [0.29, 0.717) is 5.82 Å². The van der Waals surface area contributed by atoms with Crippen molar-refractivity contribution < 1.29 is 8.78 Å². The SMILES string of the molecule is CCC(F)(F)CNc1ncncc1I. The van der Waals surface area contributed by atoms with Crippen molar-refractivity contribution in [3.8, 4) is 0 Å². The van der Waals surface area contributed by atoms with E-state index in [9.17, 15) is 8.78 Å². The molecule has 1 rings (SSSR count). The molecule has 14 heavy (non-hydrogen) atoms. The molecule has 0 fully saturated rings. The highest BCUT2D eigenvalue weighted by molar-refractivity contribution is 14.1. The van der Waals surface area contributed by atoms with Gasteiger partial charge in [-0.25, -0.2) is 18.7 Å². The maximum absolute atomic E-state index is 12.9. The third-order valence-corrected chi connectivity index (χ3v) is 2.49. The molecule has 1 aromatic rings. The first-order valence-electron chi connectivity index (χ1n) is 4.12. The Morgan fingerprint density at radius 1 is 1.57 bits per heavy atom. The Hall–Kier alpha value is -0.530. The van der Waals surface area contributed by atoms with Crippen LogP contribution in [0.3, 0.4) is 0 Å². The van der Waals surface area contributed by atoms with E-state index in [1.807, 2.05) is 22.6 Å². The number of hydrogen-bond acceptors (Lipinski definition) is 3. The number of alkyl halides is 2. The van der Waals surface area contributed by atoms with Crippen molar-refractivity contribution in [1.29, 1.82) is 0 Å². The Balaban J connectivity index is 2.58. The topological polar surface area (TPSA) is 37.8 Å². The second-order valence-electron chi connectivity index (χ2n) is 2.78. The van der Waals surface area contributed by atoms with Crippen molar-refractivity contribution in [2.24, 2.45) is 0 Å². The fourth-order valence-electron chi connectivity index (χ4n) is 0.781. The third kappa shape index (κ3) is 3.32. The molecular weight excluding hydrogens is 303 g/mol. The van der Waals surface area contributed by atoms with Crippen LogP contribution in [0.1, 0.15) is 13.3 Å². The van der Waals surface area contributed by atoms with Crippen LogP contribution in [-0.4, -0.2) is 22.4 Å². The van der Waals surface area contributed by atoms with Gasteiger partial charge in [0.2, 0.25) is 0 Å². The first-order valence-corrected chi connectivity index (χ1v) is 5.20. The molecule has 1 aromatic heterocycles.